The van der Waals surface area contributed by atoms with Gasteiger partial charge in [-0.25, -0.2) is 4.98 Å². The highest BCUT2D eigenvalue weighted by Gasteiger charge is 2.16. The molecule has 0 atom stereocenters. The van der Waals surface area contributed by atoms with Crippen LogP contribution in [0, 0.1) is 0 Å². The lowest BCUT2D eigenvalue weighted by Gasteiger charge is -2.27. The largest absolute Gasteiger partial charge is 0.384 e. The van der Waals surface area contributed by atoms with Gasteiger partial charge in [-0.2, -0.15) is 9.97 Å². The molecule has 0 saturated carbocycles. The van der Waals surface area contributed by atoms with Crippen molar-refractivity contribution in [2.24, 2.45) is 0 Å². The van der Waals surface area contributed by atoms with Gasteiger partial charge < -0.3 is 10.2 Å². The van der Waals surface area contributed by atoms with Gasteiger partial charge in [0, 0.05) is 54.8 Å². The van der Waals surface area contributed by atoms with Crippen molar-refractivity contribution in [3.05, 3.63) is 47.1 Å². The number of pyridine rings is 1. The van der Waals surface area contributed by atoms with Crippen LogP contribution in [0.15, 0.2) is 30.5 Å². The molecule has 7 heteroatoms. The quantitative estimate of drug-likeness (QED) is 0.389. The SMILES string of the molecule is CCCCCc1nc(CCCNc2ccnc3cc(Cl)ccc23)nc(N2CCCCC2)n1. The first-order valence-corrected chi connectivity index (χ1v) is 12.4. The molecule has 1 aliphatic rings. The van der Waals surface area contributed by atoms with E-state index in [1.165, 1.54) is 32.1 Å². The van der Waals surface area contributed by atoms with E-state index in [9.17, 15) is 0 Å². The zero-order valence-corrected chi connectivity index (χ0v) is 19.7. The molecule has 1 fully saturated rings. The number of fused-ring (bicyclic) bond motifs is 1. The van der Waals surface area contributed by atoms with E-state index in [0.29, 0.717) is 5.02 Å². The van der Waals surface area contributed by atoms with Gasteiger partial charge in [0.1, 0.15) is 11.6 Å². The van der Waals surface area contributed by atoms with Gasteiger partial charge in [-0.15, -0.1) is 0 Å². The van der Waals surface area contributed by atoms with Crippen LogP contribution in [0.1, 0.15) is 63.5 Å². The second-order valence-corrected chi connectivity index (χ2v) is 8.96. The minimum Gasteiger partial charge on any atom is -0.384 e. The summed E-state index contributed by atoms with van der Waals surface area (Å²) >= 11 is 6.10. The molecule has 4 rings (SSSR count). The highest BCUT2D eigenvalue weighted by molar-refractivity contribution is 6.31. The van der Waals surface area contributed by atoms with E-state index in [0.717, 1.165) is 79.5 Å². The van der Waals surface area contributed by atoms with Crippen LogP contribution in [0.4, 0.5) is 11.6 Å². The molecule has 0 aliphatic carbocycles. The number of anilines is 2. The van der Waals surface area contributed by atoms with Gasteiger partial charge in [0.25, 0.3) is 0 Å². The van der Waals surface area contributed by atoms with Gasteiger partial charge in [0.15, 0.2) is 0 Å². The fourth-order valence-electron chi connectivity index (χ4n) is 4.19. The van der Waals surface area contributed by atoms with Crippen LogP contribution >= 0.6 is 11.6 Å². The third-order valence-corrected chi connectivity index (χ3v) is 6.19. The molecule has 32 heavy (non-hydrogen) atoms. The van der Waals surface area contributed by atoms with Gasteiger partial charge in [0.05, 0.1) is 5.52 Å². The summed E-state index contributed by atoms with van der Waals surface area (Å²) < 4.78 is 0. The predicted octanol–water partition coefficient (Wildman–Crippen LogP) is 5.84. The average Bonchev–Trinajstić information content (AvgIpc) is 2.82. The number of aryl methyl sites for hydroxylation is 2. The molecule has 0 unspecified atom stereocenters. The van der Waals surface area contributed by atoms with Crippen molar-refractivity contribution in [2.45, 2.75) is 64.7 Å². The van der Waals surface area contributed by atoms with Gasteiger partial charge >= 0.3 is 0 Å². The Morgan fingerprint density at radius 1 is 0.938 bits per heavy atom. The number of hydrogen-bond acceptors (Lipinski definition) is 6. The third kappa shape index (κ3) is 6.06. The lowest BCUT2D eigenvalue weighted by atomic mass is 10.1. The van der Waals surface area contributed by atoms with E-state index >= 15 is 0 Å². The molecular formula is C25H33ClN6. The van der Waals surface area contributed by atoms with Crippen molar-refractivity contribution in [3.8, 4) is 0 Å². The average molecular weight is 453 g/mol. The lowest BCUT2D eigenvalue weighted by molar-refractivity contribution is 0.562. The van der Waals surface area contributed by atoms with E-state index < -0.39 is 0 Å². The maximum absolute atomic E-state index is 6.10. The fraction of sp³-hybridized carbons (Fsp3) is 0.520. The Morgan fingerprint density at radius 3 is 2.50 bits per heavy atom. The summed E-state index contributed by atoms with van der Waals surface area (Å²) in [4.78, 5) is 21.2. The summed E-state index contributed by atoms with van der Waals surface area (Å²) in [6, 6.07) is 7.84. The number of benzene rings is 1. The third-order valence-electron chi connectivity index (χ3n) is 5.96. The Hall–Kier alpha value is -2.47. The molecule has 170 valence electrons. The van der Waals surface area contributed by atoms with Crippen molar-refractivity contribution in [3.63, 3.8) is 0 Å². The lowest BCUT2D eigenvalue weighted by Crippen LogP contribution is -2.31. The molecule has 0 spiro atoms. The molecule has 0 amide bonds. The van der Waals surface area contributed by atoms with Gasteiger partial charge in [-0.05, 0) is 56.4 Å². The Balaban J connectivity index is 1.40. The molecule has 3 heterocycles. The van der Waals surface area contributed by atoms with Crippen molar-refractivity contribution in [1.82, 2.24) is 19.9 Å². The van der Waals surface area contributed by atoms with Gasteiger partial charge in [-0.3, -0.25) is 4.98 Å². The van der Waals surface area contributed by atoms with Crippen LogP contribution in [-0.4, -0.2) is 39.6 Å². The summed E-state index contributed by atoms with van der Waals surface area (Å²) in [6.07, 6.45) is 11.9. The zero-order chi connectivity index (χ0) is 22.2. The first-order chi connectivity index (χ1) is 15.7. The summed E-state index contributed by atoms with van der Waals surface area (Å²) in [5, 5.41) is 5.34. The fourth-order valence-corrected chi connectivity index (χ4v) is 4.36. The number of nitrogens with zero attached hydrogens (tertiary/aromatic N) is 5. The molecule has 0 radical (unpaired) electrons. The number of hydrogen-bond donors (Lipinski definition) is 1. The predicted molar refractivity (Wildman–Crippen MR) is 133 cm³/mol. The summed E-state index contributed by atoms with van der Waals surface area (Å²) in [6.45, 7) is 5.18. The normalized spacial score (nSPS) is 14.1. The monoisotopic (exact) mass is 452 g/mol. The number of piperidine rings is 1. The van der Waals surface area contributed by atoms with E-state index in [1.54, 1.807) is 0 Å². The first kappa shape index (κ1) is 22.7. The summed E-state index contributed by atoms with van der Waals surface area (Å²) in [5.41, 5.74) is 1.99. The Labute approximate surface area is 195 Å². The Kier molecular flexibility index (Phi) is 8.10. The van der Waals surface area contributed by atoms with Crippen molar-refractivity contribution >= 4 is 34.1 Å². The van der Waals surface area contributed by atoms with Crippen molar-refractivity contribution in [1.29, 1.82) is 0 Å². The van der Waals surface area contributed by atoms with Crippen LogP contribution in [0.25, 0.3) is 10.9 Å². The first-order valence-electron chi connectivity index (χ1n) is 12.0. The minimum atomic E-state index is 0.705. The summed E-state index contributed by atoms with van der Waals surface area (Å²) in [7, 11) is 0. The van der Waals surface area contributed by atoms with Crippen molar-refractivity contribution < 1.29 is 0 Å². The van der Waals surface area contributed by atoms with Gasteiger partial charge in [-0.1, -0.05) is 31.4 Å². The van der Waals surface area contributed by atoms with E-state index in [1.807, 2.05) is 30.5 Å². The molecule has 6 nitrogen and oxygen atoms in total. The standard InChI is InChI=1S/C25H33ClN6/c1-2-3-5-9-23-29-24(31-25(30-23)32-16-6-4-7-17-32)10-8-14-27-21-13-15-28-22-18-19(26)11-12-20(21)22/h11-13,15,18H,2-10,14,16-17H2,1H3,(H,27,28). The number of aromatic nitrogens is 4. The second-order valence-electron chi connectivity index (χ2n) is 8.52. The molecule has 1 saturated heterocycles. The molecule has 0 bridgehead atoms. The maximum atomic E-state index is 6.10. The topological polar surface area (TPSA) is 66.8 Å². The Bertz CT molecular complexity index is 1020. The number of halogens is 1. The van der Waals surface area contributed by atoms with Crippen molar-refractivity contribution in [2.75, 3.05) is 29.9 Å². The molecular weight excluding hydrogens is 420 g/mol. The molecule has 1 N–H and O–H groups in total. The number of unbranched alkanes of at least 4 members (excludes halogenated alkanes) is 2. The van der Waals surface area contributed by atoms with Crippen LogP contribution in [0.3, 0.4) is 0 Å². The minimum absolute atomic E-state index is 0.705. The zero-order valence-electron chi connectivity index (χ0n) is 19.0. The number of rotatable bonds is 10. The molecule has 1 aromatic carbocycles. The van der Waals surface area contributed by atoms with E-state index in [2.05, 4.69) is 22.1 Å². The molecule has 3 aromatic rings. The molecule has 2 aromatic heterocycles. The van der Waals surface area contributed by atoms with Gasteiger partial charge in [0.2, 0.25) is 5.95 Å². The van der Waals surface area contributed by atoms with Crippen LogP contribution < -0.4 is 10.2 Å². The van der Waals surface area contributed by atoms with Crippen LogP contribution in [-0.2, 0) is 12.8 Å². The Morgan fingerprint density at radius 2 is 1.72 bits per heavy atom. The van der Waals surface area contributed by atoms with Crippen LogP contribution in [0.5, 0.6) is 0 Å². The summed E-state index contributed by atoms with van der Waals surface area (Å²) in [5.74, 6) is 2.75. The van der Waals surface area contributed by atoms with E-state index in [-0.39, 0.29) is 0 Å². The second kappa shape index (κ2) is 11.4. The maximum Gasteiger partial charge on any atom is 0.228 e. The smallest absolute Gasteiger partial charge is 0.228 e. The highest BCUT2D eigenvalue weighted by atomic mass is 35.5. The molecule has 1 aliphatic heterocycles. The number of nitrogens with one attached hydrogen (secondary N) is 1. The highest BCUT2D eigenvalue weighted by Crippen LogP contribution is 2.24. The van der Waals surface area contributed by atoms with Crippen LogP contribution in [0.2, 0.25) is 5.02 Å². The van der Waals surface area contributed by atoms with E-state index in [4.69, 9.17) is 26.6 Å².